The smallest absolute Gasteiger partial charge is 0.145 e. The fourth-order valence-corrected chi connectivity index (χ4v) is 2.78. The molecule has 0 spiro atoms. The summed E-state index contributed by atoms with van der Waals surface area (Å²) in [5, 5.41) is 3.51. The lowest BCUT2D eigenvalue weighted by Crippen LogP contribution is -2.30. The molecule has 18 heavy (non-hydrogen) atoms. The predicted molar refractivity (Wildman–Crippen MR) is 69.5 cm³/mol. The van der Waals surface area contributed by atoms with E-state index in [2.05, 4.69) is 5.32 Å². The summed E-state index contributed by atoms with van der Waals surface area (Å²) < 4.78 is 19.4. The van der Waals surface area contributed by atoms with E-state index in [0.717, 1.165) is 19.5 Å². The van der Waals surface area contributed by atoms with Gasteiger partial charge in [-0.25, -0.2) is 4.39 Å². The number of benzene rings is 1. The minimum absolute atomic E-state index is 0.146. The highest BCUT2D eigenvalue weighted by Crippen LogP contribution is 2.40. The molecule has 98 valence electrons. The van der Waals surface area contributed by atoms with Crippen molar-refractivity contribution in [2.75, 3.05) is 13.1 Å². The third-order valence-corrected chi connectivity index (χ3v) is 4.12. The Bertz CT molecular complexity index is 430. The molecule has 2 atom stereocenters. The average molecular weight is 270 g/mol. The first-order valence-electron chi connectivity index (χ1n) is 6.56. The van der Waals surface area contributed by atoms with Crippen LogP contribution in [0, 0.1) is 17.7 Å². The molecule has 2 aliphatic rings. The minimum atomic E-state index is -0.409. The van der Waals surface area contributed by atoms with Crippen LogP contribution in [0.4, 0.5) is 4.39 Å². The van der Waals surface area contributed by atoms with Gasteiger partial charge in [-0.15, -0.1) is 0 Å². The van der Waals surface area contributed by atoms with Crippen LogP contribution in [0.15, 0.2) is 18.2 Å². The third kappa shape index (κ3) is 2.62. The van der Waals surface area contributed by atoms with Gasteiger partial charge in [0.25, 0.3) is 0 Å². The molecule has 1 aliphatic carbocycles. The van der Waals surface area contributed by atoms with E-state index in [1.54, 1.807) is 12.1 Å². The van der Waals surface area contributed by atoms with Gasteiger partial charge in [0.2, 0.25) is 0 Å². The molecule has 0 amide bonds. The predicted octanol–water partition coefficient (Wildman–Crippen LogP) is 3.25. The second-order valence-corrected chi connectivity index (χ2v) is 5.66. The van der Waals surface area contributed by atoms with Gasteiger partial charge >= 0.3 is 0 Å². The second-order valence-electron chi connectivity index (χ2n) is 5.25. The Balaban J connectivity index is 1.73. The molecule has 0 radical (unpaired) electrons. The van der Waals surface area contributed by atoms with Crippen molar-refractivity contribution in [2.24, 2.45) is 11.8 Å². The van der Waals surface area contributed by atoms with Crippen molar-refractivity contribution in [3.8, 4) is 5.75 Å². The molecule has 4 heteroatoms. The molecule has 0 aromatic heterocycles. The van der Waals surface area contributed by atoms with E-state index in [9.17, 15) is 4.39 Å². The van der Waals surface area contributed by atoms with E-state index in [1.807, 2.05) is 0 Å². The molecule has 0 unspecified atom stereocenters. The van der Waals surface area contributed by atoms with Gasteiger partial charge in [0.1, 0.15) is 17.7 Å². The van der Waals surface area contributed by atoms with E-state index in [4.69, 9.17) is 16.3 Å². The number of hydrogen-bond acceptors (Lipinski definition) is 2. The SMILES string of the molecule is Fc1cc(O[C@@H](C2CC2)[C@H]2CCNC2)ccc1Cl. The molecular weight excluding hydrogens is 253 g/mol. The highest BCUT2D eigenvalue weighted by atomic mass is 35.5. The minimum Gasteiger partial charge on any atom is -0.490 e. The maximum absolute atomic E-state index is 13.4. The van der Waals surface area contributed by atoms with Crippen molar-refractivity contribution >= 4 is 11.6 Å². The highest BCUT2D eigenvalue weighted by molar-refractivity contribution is 6.30. The summed E-state index contributed by atoms with van der Waals surface area (Å²) in [6, 6.07) is 4.70. The lowest BCUT2D eigenvalue weighted by Gasteiger charge is -2.24. The molecule has 1 aromatic rings. The molecule has 1 saturated carbocycles. The van der Waals surface area contributed by atoms with E-state index in [0.29, 0.717) is 17.6 Å². The molecule has 1 aliphatic heterocycles. The Morgan fingerprint density at radius 3 is 2.72 bits per heavy atom. The monoisotopic (exact) mass is 269 g/mol. The lowest BCUT2D eigenvalue weighted by molar-refractivity contribution is 0.120. The van der Waals surface area contributed by atoms with Crippen LogP contribution in [-0.4, -0.2) is 19.2 Å². The highest BCUT2D eigenvalue weighted by Gasteiger charge is 2.39. The van der Waals surface area contributed by atoms with Gasteiger partial charge in [0.15, 0.2) is 0 Å². The molecule has 3 rings (SSSR count). The van der Waals surface area contributed by atoms with Gasteiger partial charge in [0.05, 0.1) is 5.02 Å². The Morgan fingerprint density at radius 2 is 2.11 bits per heavy atom. The summed E-state index contributed by atoms with van der Waals surface area (Å²) in [5.41, 5.74) is 0. The van der Waals surface area contributed by atoms with Gasteiger partial charge in [-0.2, -0.15) is 0 Å². The van der Waals surface area contributed by atoms with Gasteiger partial charge in [0, 0.05) is 18.5 Å². The van der Waals surface area contributed by atoms with Crippen LogP contribution in [0.5, 0.6) is 5.75 Å². The molecule has 1 heterocycles. The molecular formula is C14H17ClFNO. The van der Waals surface area contributed by atoms with Gasteiger partial charge in [-0.05, 0) is 43.9 Å². The van der Waals surface area contributed by atoms with Crippen molar-refractivity contribution < 1.29 is 9.13 Å². The zero-order valence-electron chi connectivity index (χ0n) is 10.2. The van der Waals surface area contributed by atoms with Crippen LogP contribution in [0.2, 0.25) is 5.02 Å². The lowest BCUT2D eigenvalue weighted by atomic mass is 9.97. The van der Waals surface area contributed by atoms with Crippen molar-refractivity contribution in [3.05, 3.63) is 29.0 Å². The van der Waals surface area contributed by atoms with Crippen LogP contribution < -0.4 is 10.1 Å². The fourth-order valence-electron chi connectivity index (χ4n) is 2.67. The van der Waals surface area contributed by atoms with Crippen LogP contribution in [0.25, 0.3) is 0 Å². The Kier molecular flexibility index (Phi) is 3.44. The van der Waals surface area contributed by atoms with Crippen LogP contribution in [-0.2, 0) is 0 Å². The summed E-state index contributed by atoms with van der Waals surface area (Å²) in [6.45, 7) is 2.07. The maximum Gasteiger partial charge on any atom is 0.145 e. The van der Waals surface area contributed by atoms with Crippen LogP contribution >= 0.6 is 11.6 Å². The number of hydrogen-bond donors (Lipinski definition) is 1. The van der Waals surface area contributed by atoms with Crippen molar-refractivity contribution in [3.63, 3.8) is 0 Å². The first kappa shape index (κ1) is 12.2. The second kappa shape index (κ2) is 5.06. The summed E-state index contributed by atoms with van der Waals surface area (Å²) >= 11 is 5.68. The summed E-state index contributed by atoms with van der Waals surface area (Å²) in [5.74, 6) is 1.39. The number of rotatable bonds is 4. The Labute approximate surface area is 111 Å². The van der Waals surface area contributed by atoms with Crippen molar-refractivity contribution in [2.45, 2.75) is 25.4 Å². The molecule has 1 N–H and O–H groups in total. The van der Waals surface area contributed by atoms with Crippen molar-refractivity contribution in [1.29, 1.82) is 0 Å². The Hall–Kier alpha value is -0.800. The molecule has 2 nitrogen and oxygen atoms in total. The molecule has 1 aromatic carbocycles. The third-order valence-electron chi connectivity index (χ3n) is 3.81. The molecule has 0 bridgehead atoms. The van der Waals surface area contributed by atoms with E-state index < -0.39 is 5.82 Å². The standard InChI is InChI=1S/C14H17ClFNO/c15-12-4-3-11(7-13(12)16)18-14(9-1-2-9)10-5-6-17-8-10/h3-4,7,9-10,14,17H,1-2,5-6,8H2/t10-,14-/m0/s1. The largest absolute Gasteiger partial charge is 0.490 e. The maximum atomic E-state index is 13.4. The van der Waals surface area contributed by atoms with E-state index in [-0.39, 0.29) is 11.1 Å². The van der Waals surface area contributed by atoms with E-state index in [1.165, 1.54) is 18.9 Å². The van der Waals surface area contributed by atoms with Crippen LogP contribution in [0.1, 0.15) is 19.3 Å². The summed E-state index contributed by atoms with van der Waals surface area (Å²) in [4.78, 5) is 0. The zero-order chi connectivity index (χ0) is 12.5. The first-order valence-corrected chi connectivity index (χ1v) is 6.94. The topological polar surface area (TPSA) is 21.3 Å². The molecule has 2 fully saturated rings. The summed E-state index contributed by atoms with van der Waals surface area (Å²) in [6.07, 6.45) is 3.84. The van der Waals surface area contributed by atoms with Crippen LogP contribution in [0.3, 0.4) is 0 Å². The van der Waals surface area contributed by atoms with Crippen molar-refractivity contribution in [1.82, 2.24) is 5.32 Å². The first-order chi connectivity index (χ1) is 8.74. The normalized spacial score (nSPS) is 25.1. The average Bonchev–Trinajstić information content (AvgIpc) is 3.05. The zero-order valence-corrected chi connectivity index (χ0v) is 10.9. The number of halogens is 2. The number of ether oxygens (including phenoxy) is 1. The number of nitrogens with one attached hydrogen (secondary N) is 1. The Morgan fingerprint density at radius 1 is 1.28 bits per heavy atom. The quantitative estimate of drug-likeness (QED) is 0.906. The van der Waals surface area contributed by atoms with Gasteiger partial charge < -0.3 is 10.1 Å². The molecule has 1 saturated heterocycles. The van der Waals surface area contributed by atoms with Gasteiger partial charge in [-0.3, -0.25) is 0 Å². The van der Waals surface area contributed by atoms with E-state index >= 15 is 0 Å². The fraction of sp³-hybridized carbons (Fsp3) is 0.571. The summed E-state index contributed by atoms with van der Waals surface area (Å²) in [7, 11) is 0. The van der Waals surface area contributed by atoms with Gasteiger partial charge in [-0.1, -0.05) is 11.6 Å².